The zero-order chi connectivity index (χ0) is 14.4. The minimum atomic E-state index is 0.107. The van der Waals surface area contributed by atoms with Crippen LogP contribution in [0.1, 0.15) is 42.4 Å². The number of aliphatic hydroxyl groups is 1. The second-order valence-corrected chi connectivity index (χ2v) is 5.34. The summed E-state index contributed by atoms with van der Waals surface area (Å²) in [5.74, 6) is 7.99. The summed E-state index contributed by atoms with van der Waals surface area (Å²) in [6, 6.07) is 2.02. The molecule has 0 saturated heterocycles. The molecule has 2 heterocycles. The van der Waals surface area contributed by atoms with Crippen molar-refractivity contribution in [3.63, 3.8) is 0 Å². The zero-order valence-electron chi connectivity index (χ0n) is 11.9. The Bertz CT molecular complexity index is 619. The molecule has 0 fully saturated rings. The Kier molecular flexibility index (Phi) is 5.33. The molecule has 0 saturated carbocycles. The number of hydrogen-bond donors (Lipinski definition) is 1. The smallest absolute Gasteiger partial charge is 0.150 e. The number of nitrogens with zero attached hydrogens (tertiary/aromatic N) is 3. The highest BCUT2D eigenvalue weighted by Gasteiger charge is 2.10. The first-order valence-corrected chi connectivity index (χ1v) is 7.75. The second kappa shape index (κ2) is 7.22. The zero-order valence-corrected chi connectivity index (χ0v) is 12.7. The normalized spacial score (nSPS) is 10.3. The van der Waals surface area contributed by atoms with Gasteiger partial charge in [-0.1, -0.05) is 25.7 Å². The van der Waals surface area contributed by atoms with E-state index in [4.69, 9.17) is 5.11 Å². The summed E-state index contributed by atoms with van der Waals surface area (Å²) in [5.41, 5.74) is 1.03. The van der Waals surface area contributed by atoms with Crippen LogP contribution in [0.4, 0.5) is 0 Å². The van der Waals surface area contributed by atoms with E-state index >= 15 is 0 Å². The fourth-order valence-electron chi connectivity index (χ4n) is 1.89. The van der Waals surface area contributed by atoms with Crippen molar-refractivity contribution in [2.24, 2.45) is 0 Å². The molecule has 2 aromatic rings. The molecule has 2 aromatic heterocycles. The minimum Gasteiger partial charge on any atom is -0.395 e. The van der Waals surface area contributed by atoms with Crippen molar-refractivity contribution in [2.75, 3.05) is 6.61 Å². The standard InChI is InChI=1S/C15H19N3OS/c1-3-14-16-15(4-2)18(17-14)11-13-12(8-10-20-13)7-5-6-9-19/h8,10,19H,3-4,6,9,11H2,1-2H3. The number of rotatable bonds is 5. The maximum atomic E-state index is 8.78. The topological polar surface area (TPSA) is 50.9 Å². The number of hydrogen-bond acceptors (Lipinski definition) is 4. The van der Waals surface area contributed by atoms with Gasteiger partial charge in [-0.2, -0.15) is 5.10 Å². The molecule has 0 bridgehead atoms. The van der Waals surface area contributed by atoms with Crippen molar-refractivity contribution in [1.82, 2.24) is 14.8 Å². The average molecular weight is 289 g/mol. The molecule has 5 heteroatoms. The number of thiophene rings is 1. The lowest BCUT2D eigenvalue weighted by Crippen LogP contribution is -2.06. The predicted octanol–water partition coefficient (Wildman–Crippen LogP) is 2.25. The van der Waals surface area contributed by atoms with E-state index < -0.39 is 0 Å². The molecular weight excluding hydrogens is 270 g/mol. The lowest BCUT2D eigenvalue weighted by Gasteiger charge is -2.03. The number of aryl methyl sites for hydroxylation is 2. The minimum absolute atomic E-state index is 0.107. The Morgan fingerprint density at radius 1 is 1.35 bits per heavy atom. The van der Waals surface area contributed by atoms with Gasteiger partial charge in [0.1, 0.15) is 5.82 Å². The third-order valence-corrected chi connectivity index (χ3v) is 3.83. The fourth-order valence-corrected chi connectivity index (χ4v) is 2.70. The van der Waals surface area contributed by atoms with Crippen LogP contribution in [0.15, 0.2) is 11.4 Å². The van der Waals surface area contributed by atoms with Gasteiger partial charge in [-0.15, -0.1) is 11.3 Å². The quantitative estimate of drug-likeness (QED) is 0.859. The Morgan fingerprint density at radius 3 is 2.90 bits per heavy atom. The van der Waals surface area contributed by atoms with Crippen molar-refractivity contribution in [3.8, 4) is 11.8 Å². The largest absolute Gasteiger partial charge is 0.395 e. The highest BCUT2D eigenvalue weighted by molar-refractivity contribution is 7.10. The Hall–Kier alpha value is -1.64. The molecule has 0 radical (unpaired) electrons. The molecule has 4 nitrogen and oxygen atoms in total. The van der Waals surface area contributed by atoms with Crippen molar-refractivity contribution in [2.45, 2.75) is 39.7 Å². The molecule has 0 aliphatic carbocycles. The van der Waals surface area contributed by atoms with Gasteiger partial charge >= 0.3 is 0 Å². The Balaban J connectivity index is 2.20. The van der Waals surface area contributed by atoms with Crippen LogP contribution in [0.2, 0.25) is 0 Å². The molecule has 0 amide bonds. The van der Waals surface area contributed by atoms with Crippen LogP contribution >= 0.6 is 11.3 Å². The van der Waals surface area contributed by atoms with Gasteiger partial charge < -0.3 is 5.11 Å². The molecule has 0 spiro atoms. The fraction of sp³-hybridized carbons (Fsp3) is 0.467. The molecule has 0 aromatic carbocycles. The van der Waals surface area contributed by atoms with Crippen molar-refractivity contribution in [1.29, 1.82) is 0 Å². The monoisotopic (exact) mass is 289 g/mol. The Morgan fingerprint density at radius 2 is 2.20 bits per heavy atom. The van der Waals surface area contributed by atoms with Crippen LogP contribution in [-0.4, -0.2) is 26.5 Å². The Labute approximate surface area is 123 Å². The lowest BCUT2D eigenvalue weighted by atomic mass is 10.2. The second-order valence-electron chi connectivity index (χ2n) is 4.34. The first kappa shape index (κ1) is 14.8. The van der Waals surface area contributed by atoms with E-state index in [0.29, 0.717) is 6.42 Å². The molecule has 0 unspecified atom stereocenters. The number of aliphatic hydroxyl groups excluding tert-OH is 1. The van der Waals surface area contributed by atoms with Gasteiger partial charge in [-0.05, 0) is 11.4 Å². The molecule has 1 N–H and O–H groups in total. The van der Waals surface area contributed by atoms with Gasteiger partial charge in [0.15, 0.2) is 5.82 Å². The van der Waals surface area contributed by atoms with E-state index in [9.17, 15) is 0 Å². The summed E-state index contributed by atoms with van der Waals surface area (Å²) >= 11 is 1.68. The van der Waals surface area contributed by atoms with E-state index in [1.165, 1.54) is 4.88 Å². The van der Waals surface area contributed by atoms with Crippen LogP contribution in [0.25, 0.3) is 0 Å². The summed E-state index contributed by atoms with van der Waals surface area (Å²) in [5, 5.41) is 15.4. The first-order chi connectivity index (χ1) is 9.78. The molecule has 0 aliphatic rings. The molecule has 0 aliphatic heterocycles. The van der Waals surface area contributed by atoms with Crippen LogP contribution in [0.3, 0.4) is 0 Å². The van der Waals surface area contributed by atoms with Gasteiger partial charge in [0.25, 0.3) is 0 Å². The summed E-state index contributed by atoms with van der Waals surface area (Å²) in [4.78, 5) is 5.71. The van der Waals surface area contributed by atoms with Crippen LogP contribution in [-0.2, 0) is 19.4 Å². The molecule has 2 rings (SSSR count). The van der Waals surface area contributed by atoms with Gasteiger partial charge in [0.2, 0.25) is 0 Å². The van der Waals surface area contributed by atoms with Crippen molar-refractivity contribution >= 4 is 11.3 Å². The van der Waals surface area contributed by atoms with Crippen LogP contribution in [0.5, 0.6) is 0 Å². The average Bonchev–Trinajstić information content (AvgIpc) is 3.06. The van der Waals surface area contributed by atoms with Crippen molar-refractivity contribution in [3.05, 3.63) is 33.5 Å². The molecule has 20 heavy (non-hydrogen) atoms. The van der Waals surface area contributed by atoms with Crippen molar-refractivity contribution < 1.29 is 5.11 Å². The maximum Gasteiger partial charge on any atom is 0.150 e. The van der Waals surface area contributed by atoms with Gasteiger partial charge in [-0.25, -0.2) is 9.67 Å². The van der Waals surface area contributed by atoms with E-state index in [-0.39, 0.29) is 6.61 Å². The van der Waals surface area contributed by atoms with Gasteiger partial charge in [0, 0.05) is 29.7 Å². The van der Waals surface area contributed by atoms with E-state index in [1.54, 1.807) is 11.3 Å². The van der Waals surface area contributed by atoms with Crippen LogP contribution in [0, 0.1) is 11.8 Å². The summed E-state index contributed by atoms with van der Waals surface area (Å²) in [6.07, 6.45) is 2.25. The van der Waals surface area contributed by atoms with Gasteiger partial charge in [-0.3, -0.25) is 0 Å². The summed E-state index contributed by atoms with van der Waals surface area (Å²) in [7, 11) is 0. The summed E-state index contributed by atoms with van der Waals surface area (Å²) < 4.78 is 1.97. The van der Waals surface area contributed by atoms with E-state index in [2.05, 4.69) is 35.8 Å². The number of aromatic nitrogens is 3. The third-order valence-electron chi connectivity index (χ3n) is 2.92. The highest BCUT2D eigenvalue weighted by Crippen LogP contribution is 2.18. The van der Waals surface area contributed by atoms with Gasteiger partial charge in [0.05, 0.1) is 13.2 Å². The SMILES string of the molecule is CCc1nc(CC)n(Cc2sccc2C#CCCO)n1. The van der Waals surface area contributed by atoms with E-state index in [1.807, 2.05) is 16.1 Å². The molecule has 106 valence electrons. The first-order valence-electron chi connectivity index (χ1n) is 6.87. The van der Waals surface area contributed by atoms with Crippen LogP contribution < -0.4 is 0 Å². The molecule has 0 atom stereocenters. The highest BCUT2D eigenvalue weighted by atomic mass is 32.1. The third kappa shape index (κ3) is 3.47. The lowest BCUT2D eigenvalue weighted by molar-refractivity contribution is 0.305. The molecular formula is C15H19N3OS. The maximum absolute atomic E-state index is 8.78. The summed E-state index contributed by atoms with van der Waals surface area (Å²) in [6.45, 7) is 4.98. The van der Waals surface area contributed by atoms with E-state index in [0.717, 1.165) is 36.6 Å². The predicted molar refractivity (Wildman–Crippen MR) is 80.8 cm³/mol.